The number of ether oxygens (including phenoxy) is 1. The van der Waals surface area contributed by atoms with Crippen LogP contribution in [0.2, 0.25) is 0 Å². The zero-order valence-electron chi connectivity index (χ0n) is 5.45. The summed E-state index contributed by atoms with van der Waals surface area (Å²) in [7, 11) is 0. The van der Waals surface area contributed by atoms with Crippen LogP contribution in [0, 0.1) is 0 Å². The Balaban J connectivity index is 2.33. The molecule has 0 spiro atoms. The van der Waals surface area contributed by atoms with E-state index in [-0.39, 0.29) is 0 Å². The van der Waals surface area contributed by atoms with E-state index in [1.165, 1.54) is 6.08 Å². The van der Waals surface area contributed by atoms with Gasteiger partial charge in [-0.3, -0.25) is 0 Å². The molecule has 0 bridgehead atoms. The summed E-state index contributed by atoms with van der Waals surface area (Å²) in [5.41, 5.74) is -1.15. The Hall–Kier alpha value is -0.800. The van der Waals surface area contributed by atoms with Gasteiger partial charge in [-0.15, -0.1) is 0 Å². The van der Waals surface area contributed by atoms with Gasteiger partial charge in [0.2, 0.25) is 5.60 Å². The number of hydrogen-bond acceptors (Lipinski definition) is 2. The van der Waals surface area contributed by atoms with Crippen LogP contribution in [-0.2, 0) is 9.53 Å². The van der Waals surface area contributed by atoms with Crippen LogP contribution in [0.4, 0.5) is 0 Å². The van der Waals surface area contributed by atoms with E-state index < -0.39 is 17.7 Å². The molecule has 2 aliphatic rings. The molecule has 0 radical (unpaired) electrons. The van der Waals surface area contributed by atoms with E-state index in [9.17, 15) is 4.79 Å². The van der Waals surface area contributed by atoms with E-state index in [2.05, 4.69) is 0 Å². The minimum absolute atomic E-state index is 0.452. The lowest BCUT2D eigenvalue weighted by molar-refractivity contribution is -0.141. The van der Waals surface area contributed by atoms with Gasteiger partial charge in [-0.1, -0.05) is 17.7 Å². The fourth-order valence-corrected chi connectivity index (χ4v) is 1.43. The molecule has 2 rings (SSSR count). The number of rotatable bonds is 1. The summed E-state index contributed by atoms with van der Waals surface area (Å²) in [5, 5.41) is 9.15. The van der Waals surface area contributed by atoms with Gasteiger partial charge in [0.1, 0.15) is 6.10 Å². The minimum Gasteiger partial charge on any atom is -0.479 e. The summed E-state index contributed by atoms with van der Waals surface area (Å²) in [4.78, 5) is 10.6. The maximum absolute atomic E-state index is 10.6. The molecule has 0 aromatic heterocycles. The van der Waals surface area contributed by atoms with Crippen LogP contribution in [0.25, 0.3) is 0 Å². The molecule has 58 valence electrons. The highest BCUT2D eigenvalue weighted by Crippen LogP contribution is 2.46. The number of aliphatic carboxylic acids is 1. The molecule has 4 heteroatoms. The number of halogens is 1. The molecule has 3 nitrogen and oxygen atoms in total. The smallest absolute Gasteiger partial charge is 0.343 e. The summed E-state index contributed by atoms with van der Waals surface area (Å²) >= 11 is 5.66. The first-order valence-corrected chi connectivity index (χ1v) is 3.51. The van der Waals surface area contributed by atoms with Gasteiger partial charge < -0.3 is 9.84 Å². The highest BCUT2D eigenvalue weighted by atomic mass is 35.5. The SMILES string of the molecule is O=C(O)C12C=CC=C(Cl)C1O2. The van der Waals surface area contributed by atoms with Crippen LogP contribution >= 0.6 is 11.6 Å². The van der Waals surface area contributed by atoms with E-state index >= 15 is 0 Å². The molecule has 0 aromatic carbocycles. The zero-order chi connectivity index (χ0) is 8.06. The van der Waals surface area contributed by atoms with Crippen molar-refractivity contribution in [2.45, 2.75) is 11.7 Å². The molecule has 1 saturated heterocycles. The van der Waals surface area contributed by atoms with Crippen LogP contribution in [0.5, 0.6) is 0 Å². The second-order valence-corrected chi connectivity index (χ2v) is 2.94. The Kier molecular flexibility index (Phi) is 1.17. The second-order valence-electron chi connectivity index (χ2n) is 2.51. The summed E-state index contributed by atoms with van der Waals surface area (Å²) in [5.74, 6) is -0.981. The van der Waals surface area contributed by atoms with Crippen molar-refractivity contribution in [1.29, 1.82) is 0 Å². The molecule has 1 heterocycles. The highest BCUT2D eigenvalue weighted by molar-refractivity contribution is 6.31. The van der Waals surface area contributed by atoms with Gasteiger partial charge in [-0.2, -0.15) is 0 Å². The molecule has 1 aliphatic heterocycles. The van der Waals surface area contributed by atoms with Gasteiger partial charge in [-0.05, 0) is 12.2 Å². The first kappa shape index (κ1) is 6.88. The molecular weight excluding hydrogens is 168 g/mol. The number of allylic oxidation sites excluding steroid dienone is 2. The minimum atomic E-state index is -1.15. The van der Waals surface area contributed by atoms with Crippen molar-refractivity contribution in [1.82, 2.24) is 0 Å². The Morgan fingerprint density at radius 3 is 3.09 bits per heavy atom. The third-order valence-corrected chi connectivity index (χ3v) is 2.15. The predicted molar refractivity (Wildman–Crippen MR) is 38.3 cm³/mol. The van der Waals surface area contributed by atoms with Crippen LogP contribution in [0.15, 0.2) is 23.3 Å². The topological polar surface area (TPSA) is 49.8 Å². The first-order valence-electron chi connectivity index (χ1n) is 3.13. The standard InChI is InChI=1S/C7H5ClO3/c8-4-2-1-3-7(6(9)10)5(4)11-7/h1-3,5H,(H,9,10). The molecule has 2 atom stereocenters. The van der Waals surface area contributed by atoms with Gasteiger partial charge in [0.15, 0.2) is 0 Å². The van der Waals surface area contributed by atoms with E-state index in [0.717, 1.165) is 0 Å². The molecule has 1 aliphatic carbocycles. The predicted octanol–water partition coefficient (Wildman–Crippen LogP) is 0.901. The first-order chi connectivity index (χ1) is 5.17. The lowest BCUT2D eigenvalue weighted by Crippen LogP contribution is -2.25. The Bertz CT molecular complexity index is 281. The van der Waals surface area contributed by atoms with Crippen molar-refractivity contribution in [2.24, 2.45) is 0 Å². The maximum Gasteiger partial charge on any atom is 0.343 e. The van der Waals surface area contributed by atoms with Crippen LogP contribution in [0.3, 0.4) is 0 Å². The van der Waals surface area contributed by atoms with Crippen molar-refractivity contribution in [2.75, 3.05) is 0 Å². The highest BCUT2D eigenvalue weighted by Gasteiger charge is 2.63. The molecule has 0 saturated carbocycles. The van der Waals surface area contributed by atoms with E-state index in [4.69, 9.17) is 21.4 Å². The van der Waals surface area contributed by atoms with Gasteiger partial charge in [0.05, 0.1) is 5.03 Å². The van der Waals surface area contributed by atoms with Crippen LogP contribution < -0.4 is 0 Å². The van der Waals surface area contributed by atoms with Crippen molar-refractivity contribution < 1.29 is 14.6 Å². The van der Waals surface area contributed by atoms with Gasteiger partial charge in [0, 0.05) is 0 Å². The Morgan fingerprint density at radius 2 is 2.55 bits per heavy atom. The van der Waals surface area contributed by atoms with Gasteiger partial charge in [0.25, 0.3) is 0 Å². The third-order valence-electron chi connectivity index (χ3n) is 1.83. The number of fused-ring (bicyclic) bond motifs is 1. The number of carboxylic acid groups (broad SMARTS) is 1. The van der Waals surface area contributed by atoms with Crippen molar-refractivity contribution in [3.05, 3.63) is 23.3 Å². The lowest BCUT2D eigenvalue weighted by atomic mass is 10.0. The van der Waals surface area contributed by atoms with Crippen LogP contribution in [0.1, 0.15) is 0 Å². The van der Waals surface area contributed by atoms with Gasteiger partial charge in [-0.25, -0.2) is 4.79 Å². The Morgan fingerprint density at radius 1 is 1.82 bits per heavy atom. The molecule has 1 N–H and O–H groups in total. The fourth-order valence-electron chi connectivity index (χ4n) is 1.15. The molecule has 1 fully saturated rings. The molecule has 2 unspecified atom stereocenters. The summed E-state index contributed by atoms with van der Waals surface area (Å²) in [6.07, 6.45) is 4.29. The maximum atomic E-state index is 10.6. The third kappa shape index (κ3) is 0.751. The van der Waals surface area contributed by atoms with Gasteiger partial charge >= 0.3 is 5.97 Å². The number of carbonyl (C=O) groups is 1. The zero-order valence-corrected chi connectivity index (χ0v) is 6.21. The largest absolute Gasteiger partial charge is 0.479 e. The average molecular weight is 173 g/mol. The number of carboxylic acids is 1. The second kappa shape index (κ2) is 1.87. The van der Waals surface area contributed by atoms with E-state index in [0.29, 0.717) is 5.03 Å². The number of hydrogen-bond donors (Lipinski definition) is 1. The van der Waals surface area contributed by atoms with E-state index in [1.807, 2.05) is 0 Å². The lowest BCUT2D eigenvalue weighted by Gasteiger charge is -2.02. The Labute approximate surface area is 67.9 Å². The van der Waals surface area contributed by atoms with Crippen molar-refractivity contribution in [3.63, 3.8) is 0 Å². The molecule has 0 amide bonds. The monoisotopic (exact) mass is 172 g/mol. The molecule has 11 heavy (non-hydrogen) atoms. The number of epoxide rings is 1. The van der Waals surface area contributed by atoms with E-state index in [1.54, 1.807) is 12.2 Å². The van der Waals surface area contributed by atoms with Crippen LogP contribution in [-0.4, -0.2) is 22.8 Å². The normalized spacial score (nSPS) is 39.4. The fraction of sp³-hybridized carbons (Fsp3) is 0.286. The molecule has 0 aromatic rings. The van der Waals surface area contributed by atoms with Crippen molar-refractivity contribution >= 4 is 17.6 Å². The quantitative estimate of drug-likeness (QED) is 0.598. The van der Waals surface area contributed by atoms with Crippen molar-refractivity contribution in [3.8, 4) is 0 Å². The molecular formula is C7H5ClO3. The average Bonchev–Trinajstić information content (AvgIpc) is 2.64. The summed E-state index contributed by atoms with van der Waals surface area (Å²) in [6, 6.07) is 0. The summed E-state index contributed by atoms with van der Waals surface area (Å²) < 4.78 is 4.95. The summed E-state index contributed by atoms with van der Waals surface area (Å²) in [6.45, 7) is 0.